The monoisotopic (exact) mass is 300 g/mol. The predicted molar refractivity (Wildman–Crippen MR) is 77.3 cm³/mol. The van der Waals surface area contributed by atoms with E-state index in [1.165, 1.54) is 7.11 Å². The molecule has 112 valence electrons. The summed E-state index contributed by atoms with van der Waals surface area (Å²) in [5, 5.41) is 0. The van der Waals surface area contributed by atoms with Crippen LogP contribution in [0.2, 0.25) is 0 Å². The molecule has 20 heavy (non-hydrogen) atoms. The number of methoxy groups -OCH3 is 1. The lowest BCUT2D eigenvalue weighted by Gasteiger charge is -2.19. The van der Waals surface area contributed by atoms with Crippen LogP contribution >= 0.6 is 0 Å². The number of nitrogens with one attached hydrogen (secondary N) is 1. The van der Waals surface area contributed by atoms with Crippen molar-refractivity contribution in [3.63, 3.8) is 0 Å². The highest BCUT2D eigenvalue weighted by atomic mass is 32.2. The van der Waals surface area contributed by atoms with Gasteiger partial charge in [-0.3, -0.25) is 4.79 Å². The van der Waals surface area contributed by atoms with Gasteiger partial charge in [-0.2, -0.15) is 0 Å². The zero-order chi connectivity index (χ0) is 15.3. The maximum absolute atomic E-state index is 12.1. The van der Waals surface area contributed by atoms with Crippen LogP contribution in [-0.2, 0) is 25.3 Å². The summed E-state index contributed by atoms with van der Waals surface area (Å²) in [4.78, 5) is 11.6. The minimum absolute atomic E-state index is 0.210. The standard InChI is InChI=1S/C13H20N2O4S/c1-9(2)12(13(16)19-3)15-20(17,18)8-10-5-4-6-11(14)7-10/h4-7,9,12,15H,8,14H2,1-3H3. The summed E-state index contributed by atoms with van der Waals surface area (Å²) < 4.78 is 31.1. The Morgan fingerprint density at radius 3 is 2.55 bits per heavy atom. The molecule has 0 fully saturated rings. The van der Waals surface area contributed by atoms with Crippen LogP contribution in [-0.4, -0.2) is 27.5 Å². The zero-order valence-corrected chi connectivity index (χ0v) is 12.6. The second-order valence-electron chi connectivity index (χ2n) is 4.87. The molecular formula is C13H20N2O4S. The van der Waals surface area contributed by atoms with Crippen LogP contribution in [0.15, 0.2) is 24.3 Å². The maximum Gasteiger partial charge on any atom is 0.324 e. The van der Waals surface area contributed by atoms with E-state index >= 15 is 0 Å². The summed E-state index contributed by atoms with van der Waals surface area (Å²) >= 11 is 0. The number of ether oxygens (including phenoxy) is 1. The molecule has 1 aromatic rings. The summed E-state index contributed by atoms with van der Waals surface area (Å²) in [5.74, 6) is -1.05. The molecule has 0 aliphatic heterocycles. The van der Waals surface area contributed by atoms with Gasteiger partial charge in [-0.25, -0.2) is 13.1 Å². The molecule has 0 saturated carbocycles. The zero-order valence-electron chi connectivity index (χ0n) is 11.8. The van der Waals surface area contributed by atoms with E-state index in [-0.39, 0.29) is 11.7 Å². The van der Waals surface area contributed by atoms with Crippen LogP contribution in [0.25, 0.3) is 0 Å². The first-order valence-electron chi connectivity index (χ1n) is 6.17. The van der Waals surface area contributed by atoms with Crippen LogP contribution in [0.4, 0.5) is 5.69 Å². The number of carbonyl (C=O) groups excluding carboxylic acids is 1. The van der Waals surface area contributed by atoms with E-state index in [4.69, 9.17) is 5.73 Å². The Morgan fingerprint density at radius 1 is 1.40 bits per heavy atom. The summed E-state index contributed by atoms with van der Waals surface area (Å²) in [6.45, 7) is 3.48. The number of nitrogens with two attached hydrogens (primary N) is 1. The third-order valence-corrected chi connectivity index (χ3v) is 4.06. The van der Waals surface area contributed by atoms with Crippen molar-refractivity contribution in [2.45, 2.75) is 25.6 Å². The van der Waals surface area contributed by atoms with E-state index in [0.717, 1.165) is 0 Å². The van der Waals surface area contributed by atoms with Crippen LogP contribution in [0.3, 0.4) is 0 Å². The lowest BCUT2D eigenvalue weighted by atomic mass is 10.1. The Hall–Kier alpha value is -1.60. The molecule has 0 aliphatic carbocycles. The molecule has 0 amide bonds. The van der Waals surface area contributed by atoms with E-state index in [2.05, 4.69) is 9.46 Å². The van der Waals surface area contributed by atoms with Gasteiger partial charge in [-0.05, 0) is 23.6 Å². The quantitative estimate of drug-likeness (QED) is 0.600. The van der Waals surface area contributed by atoms with Gasteiger partial charge in [-0.15, -0.1) is 0 Å². The number of rotatable bonds is 6. The molecule has 7 heteroatoms. The average Bonchev–Trinajstić information content (AvgIpc) is 2.34. The largest absolute Gasteiger partial charge is 0.468 e. The van der Waals surface area contributed by atoms with E-state index in [1.807, 2.05) is 0 Å². The van der Waals surface area contributed by atoms with Crippen molar-refractivity contribution in [1.29, 1.82) is 0 Å². The minimum atomic E-state index is -3.66. The fraction of sp³-hybridized carbons (Fsp3) is 0.462. The van der Waals surface area contributed by atoms with Crippen molar-refractivity contribution < 1.29 is 17.9 Å². The third-order valence-electron chi connectivity index (χ3n) is 2.74. The van der Waals surface area contributed by atoms with E-state index in [0.29, 0.717) is 11.3 Å². The van der Waals surface area contributed by atoms with Gasteiger partial charge in [0.05, 0.1) is 12.9 Å². The molecule has 0 radical (unpaired) electrons. The van der Waals surface area contributed by atoms with Crippen molar-refractivity contribution >= 4 is 21.7 Å². The highest BCUT2D eigenvalue weighted by molar-refractivity contribution is 7.88. The molecular weight excluding hydrogens is 280 g/mol. The Balaban J connectivity index is 2.85. The molecule has 1 atom stereocenters. The summed E-state index contributed by atoms with van der Waals surface area (Å²) in [6.07, 6.45) is 0. The highest BCUT2D eigenvalue weighted by Gasteiger charge is 2.28. The van der Waals surface area contributed by atoms with Crippen molar-refractivity contribution in [3.05, 3.63) is 29.8 Å². The van der Waals surface area contributed by atoms with E-state index in [1.54, 1.807) is 38.1 Å². The molecule has 0 aromatic heterocycles. The van der Waals surface area contributed by atoms with Gasteiger partial charge < -0.3 is 10.5 Å². The Morgan fingerprint density at radius 2 is 2.05 bits per heavy atom. The second-order valence-corrected chi connectivity index (χ2v) is 6.62. The van der Waals surface area contributed by atoms with Gasteiger partial charge in [0.1, 0.15) is 6.04 Å². The lowest BCUT2D eigenvalue weighted by molar-refractivity contribution is -0.143. The molecule has 3 N–H and O–H groups in total. The van der Waals surface area contributed by atoms with Crippen LogP contribution in [0, 0.1) is 5.92 Å². The fourth-order valence-corrected chi connectivity index (χ4v) is 3.18. The Labute approximate surface area is 119 Å². The number of benzene rings is 1. The number of esters is 1. The fourth-order valence-electron chi connectivity index (χ4n) is 1.72. The van der Waals surface area contributed by atoms with Crippen LogP contribution in [0.5, 0.6) is 0 Å². The minimum Gasteiger partial charge on any atom is -0.468 e. The molecule has 0 aliphatic rings. The molecule has 1 aromatic carbocycles. The van der Waals surface area contributed by atoms with Crippen LogP contribution in [0.1, 0.15) is 19.4 Å². The SMILES string of the molecule is COC(=O)C(NS(=O)(=O)Cc1cccc(N)c1)C(C)C. The first-order valence-corrected chi connectivity index (χ1v) is 7.82. The topological polar surface area (TPSA) is 98.5 Å². The van der Waals surface area contributed by atoms with Crippen molar-refractivity contribution in [2.24, 2.45) is 5.92 Å². The molecule has 6 nitrogen and oxygen atoms in total. The number of hydrogen-bond acceptors (Lipinski definition) is 5. The molecule has 0 bridgehead atoms. The molecule has 1 rings (SSSR count). The molecule has 1 unspecified atom stereocenters. The number of sulfonamides is 1. The van der Waals surface area contributed by atoms with Gasteiger partial charge >= 0.3 is 5.97 Å². The first kappa shape index (κ1) is 16.5. The Kier molecular flexibility index (Phi) is 5.52. The lowest BCUT2D eigenvalue weighted by Crippen LogP contribution is -2.45. The average molecular weight is 300 g/mol. The van der Waals surface area contributed by atoms with Crippen LogP contribution < -0.4 is 10.5 Å². The van der Waals surface area contributed by atoms with Gasteiger partial charge in [0.15, 0.2) is 0 Å². The summed E-state index contributed by atoms with van der Waals surface area (Å²) in [5.41, 5.74) is 6.66. The number of nitrogen functional groups attached to an aromatic ring is 1. The number of carbonyl (C=O) groups is 1. The molecule has 0 heterocycles. The molecule has 0 saturated heterocycles. The summed E-state index contributed by atoms with van der Waals surface area (Å²) in [7, 11) is -2.43. The maximum atomic E-state index is 12.1. The number of anilines is 1. The number of hydrogen-bond donors (Lipinski definition) is 2. The van der Waals surface area contributed by atoms with Gasteiger partial charge in [0, 0.05) is 5.69 Å². The smallest absolute Gasteiger partial charge is 0.324 e. The van der Waals surface area contributed by atoms with Crippen molar-refractivity contribution in [1.82, 2.24) is 4.72 Å². The van der Waals surface area contributed by atoms with Crippen molar-refractivity contribution in [3.8, 4) is 0 Å². The first-order chi connectivity index (χ1) is 9.25. The third kappa shape index (κ3) is 4.82. The Bertz CT molecular complexity index is 569. The van der Waals surface area contributed by atoms with Crippen molar-refractivity contribution in [2.75, 3.05) is 12.8 Å². The van der Waals surface area contributed by atoms with E-state index < -0.39 is 22.0 Å². The normalized spacial score (nSPS) is 13.2. The van der Waals surface area contributed by atoms with Gasteiger partial charge in [0.2, 0.25) is 10.0 Å². The summed E-state index contributed by atoms with van der Waals surface area (Å²) in [6, 6.07) is 5.71. The van der Waals surface area contributed by atoms with Gasteiger partial charge in [0.25, 0.3) is 0 Å². The van der Waals surface area contributed by atoms with E-state index in [9.17, 15) is 13.2 Å². The molecule has 0 spiro atoms. The second kappa shape index (κ2) is 6.71. The van der Waals surface area contributed by atoms with Gasteiger partial charge in [-0.1, -0.05) is 26.0 Å². The highest BCUT2D eigenvalue weighted by Crippen LogP contribution is 2.12. The predicted octanol–water partition coefficient (Wildman–Crippen LogP) is 0.886.